The number of rotatable bonds is 2. The molecule has 76 valence electrons. The van der Waals surface area contributed by atoms with Crippen molar-refractivity contribution in [3.05, 3.63) is 10.6 Å². The van der Waals surface area contributed by atoms with E-state index in [0.717, 1.165) is 11.5 Å². The number of urea groups is 1. The first-order valence-corrected chi connectivity index (χ1v) is 4.72. The fraction of sp³-hybridized carbons (Fsp3) is 0.429. The summed E-state index contributed by atoms with van der Waals surface area (Å²) in [5.41, 5.74) is 5.40. The maximum Gasteiger partial charge on any atom is 0.319 e. The number of amides is 3. The van der Waals surface area contributed by atoms with Gasteiger partial charge >= 0.3 is 6.03 Å². The molecule has 0 saturated carbocycles. The first-order chi connectivity index (χ1) is 6.52. The smallest absolute Gasteiger partial charge is 0.319 e. The molecule has 0 aliphatic rings. The van der Waals surface area contributed by atoms with Crippen LogP contribution in [0.2, 0.25) is 0 Å². The number of nitrogens with two attached hydrogens (primary N) is 1. The molecule has 0 unspecified atom stereocenters. The van der Waals surface area contributed by atoms with Crippen LogP contribution in [0.5, 0.6) is 0 Å². The molecular formula is C7H10N4O2S. The van der Waals surface area contributed by atoms with E-state index in [4.69, 9.17) is 5.73 Å². The molecule has 0 fully saturated rings. The van der Waals surface area contributed by atoms with Crippen LogP contribution in [0.25, 0.3) is 0 Å². The first-order valence-electron chi connectivity index (χ1n) is 3.95. The second-order valence-electron chi connectivity index (χ2n) is 2.96. The summed E-state index contributed by atoms with van der Waals surface area (Å²) in [4.78, 5) is 22.1. The molecule has 3 N–H and O–H groups in total. The third kappa shape index (κ3) is 2.25. The molecule has 0 spiro atoms. The molecule has 0 radical (unpaired) electrons. The number of hydrogen-bond donors (Lipinski definition) is 2. The number of carbonyl (C=O) groups is 2. The average Bonchev–Trinajstić information content (AvgIpc) is 2.49. The molecule has 6 nitrogen and oxygen atoms in total. The van der Waals surface area contributed by atoms with Crippen LogP contribution in [0, 0.1) is 0 Å². The largest absolute Gasteiger partial charge is 0.351 e. The van der Waals surface area contributed by atoms with Gasteiger partial charge in [0.05, 0.1) is 5.69 Å². The molecule has 0 bridgehead atoms. The number of primary amides is 1. The lowest BCUT2D eigenvalue weighted by Gasteiger charge is -2.02. The summed E-state index contributed by atoms with van der Waals surface area (Å²) >= 11 is 0.947. The summed E-state index contributed by atoms with van der Waals surface area (Å²) in [5.74, 6) is -0.460. The molecule has 0 atom stereocenters. The number of hydrogen-bond acceptors (Lipinski definition) is 5. The van der Waals surface area contributed by atoms with Crippen LogP contribution in [0.3, 0.4) is 0 Å². The van der Waals surface area contributed by atoms with Crippen LogP contribution in [0.1, 0.15) is 35.1 Å². The van der Waals surface area contributed by atoms with Crippen molar-refractivity contribution in [2.24, 2.45) is 5.73 Å². The highest BCUT2D eigenvalue weighted by Crippen LogP contribution is 2.19. The zero-order valence-electron chi connectivity index (χ0n) is 7.77. The van der Waals surface area contributed by atoms with E-state index in [1.165, 1.54) is 0 Å². The van der Waals surface area contributed by atoms with E-state index in [9.17, 15) is 9.59 Å². The van der Waals surface area contributed by atoms with Gasteiger partial charge in [-0.15, -0.1) is 5.10 Å². The minimum Gasteiger partial charge on any atom is -0.351 e. The fourth-order valence-electron chi connectivity index (χ4n) is 0.901. The summed E-state index contributed by atoms with van der Waals surface area (Å²) in [6.07, 6.45) is 0. The van der Waals surface area contributed by atoms with E-state index in [2.05, 4.69) is 9.59 Å². The lowest BCUT2D eigenvalue weighted by Crippen LogP contribution is -2.35. The number of imide groups is 1. The van der Waals surface area contributed by atoms with Gasteiger partial charge in [-0.3, -0.25) is 10.1 Å². The third-order valence-electron chi connectivity index (χ3n) is 1.50. The summed E-state index contributed by atoms with van der Waals surface area (Å²) < 4.78 is 3.65. The SMILES string of the molecule is CC(C)c1nnsc1C(=O)NC(N)=O. The van der Waals surface area contributed by atoms with E-state index in [-0.39, 0.29) is 5.92 Å². The number of nitrogens with zero attached hydrogens (tertiary/aromatic N) is 2. The Balaban J connectivity index is 2.89. The van der Waals surface area contributed by atoms with Gasteiger partial charge in [-0.05, 0) is 17.5 Å². The van der Waals surface area contributed by atoms with Crippen LogP contribution < -0.4 is 11.1 Å². The van der Waals surface area contributed by atoms with Crippen LogP contribution in [-0.4, -0.2) is 21.5 Å². The molecule has 0 saturated heterocycles. The summed E-state index contributed by atoms with van der Waals surface area (Å²) in [6, 6.07) is -0.877. The maximum absolute atomic E-state index is 11.4. The van der Waals surface area contributed by atoms with Gasteiger partial charge in [0.2, 0.25) is 0 Å². The van der Waals surface area contributed by atoms with E-state index < -0.39 is 11.9 Å². The van der Waals surface area contributed by atoms with E-state index in [0.29, 0.717) is 10.6 Å². The Labute approximate surface area is 84.7 Å². The quantitative estimate of drug-likeness (QED) is 0.747. The van der Waals surface area contributed by atoms with Crippen molar-refractivity contribution in [2.45, 2.75) is 19.8 Å². The second kappa shape index (κ2) is 4.14. The molecule has 1 rings (SSSR count). The lowest BCUT2D eigenvalue weighted by atomic mass is 10.1. The standard InChI is InChI=1S/C7H10N4O2S/c1-3(2)4-5(14-11-10-4)6(12)9-7(8)13/h3H,1-2H3,(H3,8,9,12,13). The topological polar surface area (TPSA) is 98.0 Å². The molecular weight excluding hydrogens is 204 g/mol. The Hall–Kier alpha value is -1.50. The van der Waals surface area contributed by atoms with Gasteiger partial charge in [0.15, 0.2) is 0 Å². The van der Waals surface area contributed by atoms with Crippen molar-refractivity contribution in [3.8, 4) is 0 Å². The Bertz CT molecular complexity index is 360. The van der Waals surface area contributed by atoms with Gasteiger partial charge in [-0.1, -0.05) is 18.3 Å². The van der Waals surface area contributed by atoms with Crippen LogP contribution >= 0.6 is 11.5 Å². The van der Waals surface area contributed by atoms with Gasteiger partial charge in [-0.25, -0.2) is 4.79 Å². The van der Waals surface area contributed by atoms with Crippen molar-refractivity contribution in [2.75, 3.05) is 0 Å². The van der Waals surface area contributed by atoms with Crippen molar-refractivity contribution >= 4 is 23.5 Å². The highest BCUT2D eigenvalue weighted by atomic mass is 32.1. The second-order valence-corrected chi connectivity index (χ2v) is 3.71. The van der Waals surface area contributed by atoms with Gasteiger partial charge in [-0.2, -0.15) is 0 Å². The van der Waals surface area contributed by atoms with Crippen LogP contribution in [0.4, 0.5) is 4.79 Å². The van der Waals surface area contributed by atoms with Gasteiger partial charge in [0.25, 0.3) is 5.91 Å². The third-order valence-corrected chi connectivity index (χ3v) is 2.24. The van der Waals surface area contributed by atoms with Crippen molar-refractivity contribution < 1.29 is 9.59 Å². The summed E-state index contributed by atoms with van der Waals surface area (Å²) in [6.45, 7) is 3.77. The number of carbonyl (C=O) groups excluding carboxylic acids is 2. The normalized spacial score (nSPS) is 10.2. The van der Waals surface area contributed by atoms with Crippen LogP contribution in [0.15, 0.2) is 0 Å². The Morgan fingerprint density at radius 2 is 2.14 bits per heavy atom. The minimum absolute atomic E-state index is 0.0855. The molecule has 1 heterocycles. The molecule has 14 heavy (non-hydrogen) atoms. The Morgan fingerprint density at radius 1 is 1.50 bits per heavy atom. The molecule has 0 aliphatic carbocycles. The van der Waals surface area contributed by atoms with Gasteiger partial charge in [0.1, 0.15) is 4.88 Å². The monoisotopic (exact) mass is 214 g/mol. The molecule has 1 aromatic heterocycles. The molecule has 3 amide bonds. The van der Waals surface area contributed by atoms with E-state index >= 15 is 0 Å². The molecule has 0 aliphatic heterocycles. The molecule has 7 heteroatoms. The minimum atomic E-state index is -0.877. The van der Waals surface area contributed by atoms with Crippen molar-refractivity contribution in [3.63, 3.8) is 0 Å². The van der Waals surface area contributed by atoms with Crippen molar-refractivity contribution in [1.29, 1.82) is 0 Å². The summed E-state index contributed by atoms with van der Waals surface area (Å²) in [5, 5.41) is 5.77. The highest BCUT2D eigenvalue weighted by Gasteiger charge is 2.19. The van der Waals surface area contributed by atoms with Gasteiger partial charge in [0, 0.05) is 0 Å². The van der Waals surface area contributed by atoms with E-state index in [1.807, 2.05) is 19.2 Å². The predicted molar refractivity (Wildman–Crippen MR) is 51.0 cm³/mol. The first kappa shape index (κ1) is 10.6. The highest BCUT2D eigenvalue weighted by molar-refractivity contribution is 7.08. The fourth-order valence-corrected chi connectivity index (χ4v) is 1.62. The summed E-state index contributed by atoms with van der Waals surface area (Å²) in [7, 11) is 0. The predicted octanol–water partition coefficient (Wildman–Crippen LogP) is 0.470. The Morgan fingerprint density at radius 3 is 2.64 bits per heavy atom. The zero-order chi connectivity index (χ0) is 10.7. The Kier molecular flexibility index (Phi) is 3.13. The number of aromatic nitrogens is 2. The maximum atomic E-state index is 11.4. The molecule has 0 aromatic carbocycles. The lowest BCUT2D eigenvalue weighted by molar-refractivity contribution is 0.0969. The van der Waals surface area contributed by atoms with Gasteiger partial charge < -0.3 is 5.73 Å². The van der Waals surface area contributed by atoms with Crippen LogP contribution in [-0.2, 0) is 0 Å². The number of nitrogens with one attached hydrogen (secondary N) is 1. The average molecular weight is 214 g/mol. The zero-order valence-corrected chi connectivity index (χ0v) is 8.59. The van der Waals surface area contributed by atoms with Crippen molar-refractivity contribution in [1.82, 2.24) is 14.9 Å². The molecule has 1 aromatic rings. The van der Waals surface area contributed by atoms with E-state index in [1.54, 1.807) is 0 Å².